The van der Waals surface area contributed by atoms with Crippen LogP contribution >= 0.6 is 0 Å². The molecule has 0 spiro atoms. The fourth-order valence-corrected chi connectivity index (χ4v) is 3.71. The van der Waals surface area contributed by atoms with Gasteiger partial charge in [0.25, 0.3) is 0 Å². The number of benzene rings is 1. The van der Waals surface area contributed by atoms with Gasteiger partial charge in [-0.25, -0.2) is 14.0 Å². The lowest BCUT2D eigenvalue weighted by molar-refractivity contribution is 0.434. The Morgan fingerprint density at radius 3 is 2.63 bits per heavy atom. The van der Waals surface area contributed by atoms with Crippen molar-refractivity contribution in [3.8, 4) is 5.69 Å². The number of hydrogen-bond donors (Lipinski definition) is 1. The zero-order valence-corrected chi connectivity index (χ0v) is 15.7. The minimum Gasteiger partial charge on any atom is -0.317 e. The van der Waals surface area contributed by atoms with E-state index in [1.54, 1.807) is 9.25 Å². The first-order chi connectivity index (χ1) is 13.2. The van der Waals surface area contributed by atoms with E-state index in [-0.39, 0.29) is 5.69 Å². The van der Waals surface area contributed by atoms with Crippen molar-refractivity contribution >= 4 is 0 Å². The smallest absolute Gasteiger partial charge is 0.317 e. The van der Waals surface area contributed by atoms with Crippen molar-refractivity contribution in [2.75, 3.05) is 13.1 Å². The highest BCUT2D eigenvalue weighted by Gasteiger charge is 2.24. The fourth-order valence-electron chi connectivity index (χ4n) is 3.71. The first-order valence-corrected chi connectivity index (χ1v) is 9.67. The van der Waals surface area contributed by atoms with Crippen LogP contribution in [0.5, 0.6) is 0 Å². The number of rotatable bonds is 6. The molecule has 1 aliphatic heterocycles. The number of hydrogen-bond acceptors (Lipinski definition) is 4. The summed E-state index contributed by atoms with van der Waals surface area (Å²) >= 11 is 0. The van der Waals surface area contributed by atoms with Gasteiger partial charge in [-0.05, 0) is 57.0 Å². The Kier molecular flexibility index (Phi) is 5.20. The average Bonchev–Trinajstić information content (AvgIpc) is 3.26. The summed E-state index contributed by atoms with van der Waals surface area (Å²) in [4.78, 5) is 13.1. The Hall–Kier alpha value is -2.67. The Morgan fingerprint density at radius 2 is 1.93 bits per heavy atom. The van der Waals surface area contributed by atoms with Crippen LogP contribution < -0.4 is 11.0 Å². The van der Waals surface area contributed by atoms with Gasteiger partial charge < -0.3 is 5.32 Å². The molecule has 1 aromatic carbocycles. The molecular weight excluding hydrogens is 340 g/mol. The lowest BCUT2D eigenvalue weighted by Crippen LogP contribution is -2.29. The monoisotopic (exact) mass is 366 g/mol. The summed E-state index contributed by atoms with van der Waals surface area (Å²) in [5.74, 6) is 1.21. The quantitative estimate of drug-likeness (QED) is 0.725. The number of nitrogens with one attached hydrogen (secondary N) is 1. The molecule has 4 rings (SSSR count). The minimum absolute atomic E-state index is 0.0496. The summed E-state index contributed by atoms with van der Waals surface area (Å²) in [6, 6.07) is 9.85. The SMILES string of the molecule is Cc1cnn(CCCn2nc(C3CCNCC3)n(-c3ccccc3)c2=O)c1. The molecule has 0 unspecified atom stereocenters. The van der Waals surface area contributed by atoms with E-state index >= 15 is 0 Å². The highest BCUT2D eigenvalue weighted by atomic mass is 16.2. The lowest BCUT2D eigenvalue weighted by atomic mass is 9.97. The van der Waals surface area contributed by atoms with Gasteiger partial charge in [0.1, 0.15) is 5.82 Å². The second-order valence-corrected chi connectivity index (χ2v) is 7.19. The van der Waals surface area contributed by atoms with Crippen molar-refractivity contribution in [2.24, 2.45) is 0 Å². The van der Waals surface area contributed by atoms with Gasteiger partial charge in [-0.2, -0.15) is 10.2 Å². The summed E-state index contributed by atoms with van der Waals surface area (Å²) in [6.45, 7) is 5.34. The third kappa shape index (κ3) is 3.88. The van der Waals surface area contributed by atoms with Crippen LogP contribution in [0.2, 0.25) is 0 Å². The minimum atomic E-state index is -0.0496. The van der Waals surface area contributed by atoms with Crippen LogP contribution in [0.15, 0.2) is 47.5 Å². The lowest BCUT2D eigenvalue weighted by Gasteiger charge is -2.22. The van der Waals surface area contributed by atoms with Crippen molar-refractivity contribution < 1.29 is 0 Å². The predicted octanol–water partition coefficient (Wildman–Crippen LogP) is 2.10. The van der Waals surface area contributed by atoms with E-state index in [0.29, 0.717) is 12.5 Å². The molecule has 0 aliphatic carbocycles. The summed E-state index contributed by atoms with van der Waals surface area (Å²) in [6.07, 6.45) is 6.71. The van der Waals surface area contributed by atoms with E-state index in [2.05, 4.69) is 10.4 Å². The zero-order valence-electron chi connectivity index (χ0n) is 15.7. The van der Waals surface area contributed by atoms with Crippen LogP contribution in [0, 0.1) is 6.92 Å². The van der Waals surface area contributed by atoms with Crippen LogP contribution in [0.3, 0.4) is 0 Å². The van der Waals surface area contributed by atoms with Crippen molar-refractivity contribution in [1.82, 2.24) is 29.4 Å². The van der Waals surface area contributed by atoms with Gasteiger partial charge in [-0.15, -0.1) is 0 Å². The van der Waals surface area contributed by atoms with Crippen LogP contribution in [0.25, 0.3) is 5.69 Å². The molecule has 1 fully saturated rings. The van der Waals surface area contributed by atoms with E-state index in [1.807, 2.05) is 54.3 Å². The molecule has 1 N–H and O–H groups in total. The molecule has 0 bridgehead atoms. The highest BCUT2D eigenvalue weighted by Crippen LogP contribution is 2.24. The molecule has 0 radical (unpaired) electrons. The maximum atomic E-state index is 13.1. The van der Waals surface area contributed by atoms with Gasteiger partial charge in [0.05, 0.1) is 11.9 Å². The predicted molar refractivity (Wildman–Crippen MR) is 104 cm³/mol. The normalized spacial score (nSPS) is 15.3. The van der Waals surface area contributed by atoms with Crippen LogP contribution in [-0.2, 0) is 13.1 Å². The van der Waals surface area contributed by atoms with Crippen LogP contribution in [0.1, 0.15) is 36.6 Å². The summed E-state index contributed by atoms with van der Waals surface area (Å²) in [5, 5.41) is 12.5. The van der Waals surface area contributed by atoms with Gasteiger partial charge in [-0.3, -0.25) is 4.68 Å². The fraction of sp³-hybridized carbons (Fsp3) is 0.450. The van der Waals surface area contributed by atoms with E-state index < -0.39 is 0 Å². The third-order valence-corrected chi connectivity index (χ3v) is 5.10. The van der Waals surface area contributed by atoms with Gasteiger partial charge >= 0.3 is 5.69 Å². The van der Waals surface area contributed by atoms with Gasteiger partial charge in [0.2, 0.25) is 0 Å². The molecule has 0 amide bonds. The first-order valence-electron chi connectivity index (χ1n) is 9.67. The maximum Gasteiger partial charge on any atom is 0.350 e. The van der Waals surface area contributed by atoms with Crippen molar-refractivity contribution in [1.29, 1.82) is 0 Å². The Balaban J connectivity index is 1.60. The van der Waals surface area contributed by atoms with Gasteiger partial charge in [0, 0.05) is 25.2 Å². The molecule has 1 aliphatic rings. The molecule has 3 heterocycles. The van der Waals surface area contributed by atoms with Crippen molar-refractivity contribution in [3.05, 3.63) is 64.6 Å². The second kappa shape index (κ2) is 7.92. The number of aryl methyl sites for hydroxylation is 3. The van der Waals surface area contributed by atoms with E-state index in [0.717, 1.165) is 56.0 Å². The second-order valence-electron chi connectivity index (χ2n) is 7.19. The standard InChI is InChI=1S/C20H26N6O/c1-16-14-22-24(15-16)12-5-13-25-20(27)26(18-6-3-2-4-7-18)19(23-25)17-8-10-21-11-9-17/h2-4,6-7,14-15,17,21H,5,8-13H2,1H3. The zero-order chi connectivity index (χ0) is 18.6. The molecule has 2 aromatic heterocycles. The third-order valence-electron chi connectivity index (χ3n) is 5.10. The molecule has 3 aromatic rings. The summed E-state index contributed by atoms with van der Waals surface area (Å²) in [7, 11) is 0. The number of para-hydroxylation sites is 1. The molecular formula is C20H26N6O. The number of piperidine rings is 1. The summed E-state index contributed by atoms with van der Waals surface area (Å²) in [5.41, 5.74) is 1.99. The molecule has 27 heavy (non-hydrogen) atoms. The topological polar surface area (TPSA) is 69.7 Å². The van der Waals surface area contributed by atoms with Crippen LogP contribution in [0.4, 0.5) is 0 Å². The maximum absolute atomic E-state index is 13.1. The largest absolute Gasteiger partial charge is 0.350 e. The highest BCUT2D eigenvalue weighted by molar-refractivity contribution is 5.33. The molecule has 142 valence electrons. The Bertz CT molecular complexity index is 933. The van der Waals surface area contributed by atoms with Gasteiger partial charge in [-0.1, -0.05) is 18.2 Å². The first kappa shape index (κ1) is 17.7. The summed E-state index contributed by atoms with van der Waals surface area (Å²) < 4.78 is 5.34. The number of aromatic nitrogens is 5. The molecule has 7 heteroatoms. The molecule has 0 saturated carbocycles. The average molecular weight is 366 g/mol. The molecule has 0 atom stereocenters. The van der Waals surface area contributed by atoms with E-state index in [9.17, 15) is 4.79 Å². The molecule has 1 saturated heterocycles. The Morgan fingerprint density at radius 1 is 1.15 bits per heavy atom. The molecule has 7 nitrogen and oxygen atoms in total. The van der Waals surface area contributed by atoms with Crippen molar-refractivity contribution in [2.45, 2.75) is 45.2 Å². The van der Waals surface area contributed by atoms with Crippen LogP contribution in [-0.4, -0.2) is 37.2 Å². The Labute approximate surface area is 158 Å². The van der Waals surface area contributed by atoms with E-state index in [1.165, 1.54) is 0 Å². The van der Waals surface area contributed by atoms with E-state index in [4.69, 9.17) is 5.10 Å². The van der Waals surface area contributed by atoms with Gasteiger partial charge in [0.15, 0.2) is 0 Å². The van der Waals surface area contributed by atoms with Crippen molar-refractivity contribution in [3.63, 3.8) is 0 Å². The number of nitrogens with zero attached hydrogens (tertiary/aromatic N) is 5.